The molecule has 18 heavy (non-hydrogen) atoms. The Kier molecular flexibility index (Phi) is 4.30. The molecule has 2 nitrogen and oxygen atoms in total. The highest BCUT2D eigenvalue weighted by molar-refractivity contribution is 5.22. The fraction of sp³-hybridized carbons (Fsp3) is 0.571. The van der Waals surface area contributed by atoms with Crippen molar-refractivity contribution in [3.05, 3.63) is 35.4 Å². The van der Waals surface area contributed by atoms with E-state index in [9.17, 15) is 8.78 Å². The van der Waals surface area contributed by atoms with E-state index in [2.05, 4.69) is 11.8 Å². The van der Waals surface area contributed by atoms with Crippen LogP contribution in [0.25, 0.3) is 0 Å². The lowest BCUT2D eigenvalue weighted by atomic mass is 10.1. The summed E-state index contributed by atoms with van der Waals surface area (Å²) < 4.78 is 26.7. The van der Waals surface area contributed by atoms with Crippen molar-refractivity contribution in [1.82, 2.24) is 4.90 Å². The first-order chi connectivity index (χ1) is 8.61. The molecule has 1 aliphatic rings. The summed E-state index contributed by atoms with van der Waals surface area (Å²) in [6, 6.07) is 3.73. The molecular weight excluding hydrogens is 234 g/mol. The Morgan fingerprint density at radius 1 is 1.44 bits per heavy atom. The highest BCUT2D eigenvalue weighted by Crippen LogP contribution is 2.23. The molecule has 1 fully saturated rings. The molecule has 1 aliphatic heterocycles. The normalized spacial score (nSPS) is 22.3. The van der Waals surface area contributed by atoms with Gasteiger partial charge in [-0.2, -0.15) is 0 Å². The third-order valence-corrected chi connectivity index (χ3v) is 3.78. The number of nitrogens with zero attached hydrogens (tertiary/aromatic N) is 1. The topological polar surface area (TPSA) is 29.3 Å². The minimum Gasteiger partial charge on any atom is -0.323 e. The highest BCUT2D eigenvalue weighted by atomic mass is 19.2. The summed E-state index contributed by atoms with van der Waals surface area (Å²) in [6.07, 6.45) is 2.34. The van der Waals surface area contributed by atoms with Crippen LogP contribution < -0.4 is 5.73 Å². The molecule has 1 aromatic rings. The van der Waals surface area contributed by atoms with Gasteiger partial charge in [-0.25, -0.2) is 8.78 Å². The molecule has 1 saturated heterocycles. The average Bonchev–Trinajstić information content (AvgIpc) is 2.80. The largest absolute Gasteiger partial charge is 0.323 e. The van der Waals surface area contributed by atoms with Gasteiger partial charge in [-0.1, -0.05) is 25.5 Å². The van der Waals surface area contributed by atoms with Crippen molar-refractivity contribution < 1.29 is 8.78 Å². The van der Waals surface area contributed by atoms with Gasteiger partial charge in [0.25, 0.3) is 0 Å². The number of likely N-dealkylation sites (tertiary alicyclic amines) is 1. The van der Waals surface area contributed by atoms with Gasteiger partial charge in [-0.3, -0.25) is 0 Å². The quantitative estimate of drug-likeness (QED) is 0.895. The van der Waals surface area contributed by atoms with Crippen LogP contribution in [0.1, 0.15) is 31.4 Å². The van der Waals surface area contributed by atoms with Crippen molar-refractivity contribution in [3.63, 3.8) is 0 Å². The van der Waals surface area contributed by atoms with E-state index >= 15 is 0 Å². The maximum absolute atomic E-state index is 13.6. The molecule has 0 amide bonds. The van der Waals surface area contributed by atoms with Gasteiger partial charge in [0.2, 0.25) is 0 Å². The van der Waals surface area contributed by atoms with Crippen molar-refractivity contribution in [2.45, 2.75) is 25.8 Å². The second-order valence-corrected chi connectivity index (χ2v) is 5.07. The smallest absolute Gasteiger partial charge is 0.163 e. The van der Waals surface area contributed by atoms with Gasteiger partial charge >= 0.3 is 0 Å². The second-order valence-electron chi connectivity index (χ2n) is 5.07. The van der Waals surface area contributed by atoms with Crippen LogP contribution in [0.5, 0.6) is 0 Å². The predicted molar refractivity (Wildman–Crippen MR) is 68.1 cm³/mol. The maximum atomic E-state index is 13.6. The molecule has 0 saturated carbocycles. The Morgan fingerprint density at radius 3 is 2.89 bits per heavy atom. The summed E-state index contributed by atoms with van der Waals surface area (Å²) in [5.41, 5.74) is 6.26. The van der Waals surface area contributed by atoms with Crippen molar-refractivity contribution in [2.24, 2.45) is 11.7 Å². The van der Waals surface area contributed by atoms with Gasteiger partial charge < -0.3 is 10.6 Å². The molecule has 2 rings (SSSR count). The van der Waals surface area contributed by atoms with Crippen LogP contribution >= 0.6 is 0 Å². The van der Waals surface area contributed by atoms with Crippen molar-refractivity contribution >= 4 is 0 Å². The molecule has 0 radical (unpaired) electrons. The molecule has 0 aliphatic carbocycles. The third kappa shape index (κ3) is 2.87. The number of nitrogens with two attached hydrogens (primary N) is 1. The zero-order valence-corrected chi connectivity index (χ0v) is 10.7. The minimum absolute atomic E-state index is 0.273. The van der Waals surface area contributed by atoms with Gasteiger partial charge in [0.1, 0.15) is 0 Å². The lowest BCUT2D eigenvalue weighted by Gasteiger charge is -2.21. The summed E-state index contributed by atoms with van der Waals surface area (Å²) in [5.74, 6) is -0.915. The Morgan fingerprint density at radius 2 is 2.22 bits per heavy atom. The molecule has 1 heterocycles. The minimum atomic E-state index is -0.823. The molecule has 2 unspecified atom stereocenters. The molecular formula is C14H20F2N2. The van der Waals surface area contributed by atoms with Crippen LogP contribution in [0.4, 0.5) is 8.78 Å². The summed E-state index contributed by atoms with van der Waals surface area (Å²) in [5, 5.41) is 0. The fourth-order valence-corrected chi connectivity index (χ4v) is 2.60. The number of halogens is 2. The average molecular weight is 254 g/mol. The van der Waals surface area contributed by atoms with Gasteiger partial charge in [0, 0.05) is 24.7 Å². The molecule has 2 N–H and O–H groups in total. The summed E-state index contributed by atoms with van der Waals surface area (Å²) in [4.78, 5) is 2.24. The standard InChI is InChI=1S/C14H20F2N2/c1-2-10-6-7-18(8-10)9-13(17)11-4-3-5-12(15)14(11)16/h3-5,10,13H,2,6-9,17H2,1H3. The molecule has 100 valence electrons. The van der Waals surface area contributed by atoms with Crippen LogP contribution in [-0.4, -0.2) is 24.5 Å². The molecule has 0 bridgehead atoms. The van der Waals surface area contributed by atoms with Crippen LogP contribution in [-0.2, 0) is 0 Å². The lowest BCUT2D eigenvalue weighted by molar-refractivity contribution is 0.299. The SMILES string of the molecule is CCC1CCN(CC(N)c2cccc(F)c2F)C1. The molecule has 0 spiro atoms. The van der Waals surface area contributed by atoms with E-state index in [1.807, 2.05) is 0 Å². The van der Waals surface area contributed by atoms with Crippen LogP contribution in [0, 0.1) is 17.6 Å². The van der Waals surface area contributed by atoms with E-state index in [1.54, 1.807) is 6.07 Å². The summed E-state index contributed by atoms with van der Waals surface area (Å²) >= 11 is 0. The first-order valence-corrected chi connectivity index (χ1v) is 6.53. The first-order valence-electron chi connectivity index (χ1n) is 6.53. The van der Waals surface area contributed by atoms with Crippen molar-refractivity contribution in [2.75, 3.05) is 19.6 Å². The highest BCUT2D eigenvalue weighted by Gasteiger charge is 2.24. The second kappa shape index (κ2) is 5.76. The van der Waals surface area contributed by atoms with Crippen LogP contribution in [0.15, 0.2) is 18.2 Å². The Labute approximate surface area is 107 Å². The molecule has 0 aromatic heterocycles. The summed E-state index contributed by atoms with van der Waals surface area (Å²) in [7, 11) is 0. The number of hydrogen-bond donors (Lipinski definition) is 1. The van der Waals surface area contributed by atoms with Gasteiger partial charge in [-0.15, -0.1) is 0 Å². The number of benzene rings is 1. The van der Waals surface area contributed by atoms with Gasteiger partial charge in [0.05, 0.1) is 0 Å². The fourth-order valence-electron chi connectivity index (χ4n) is 2.60. The van der Waals surface area contributed by atoms with E-state index in [0.717, 1.165) is 25.1 Å². The van der Waals surface area contributed by atoms with Gasteiger partial charge in [0.15, 0.2) is 11.6 Å². The van der Waals surface area contributed by atoms with E-state index in [0.29, 0.717) is 6.54 Å². The molecule has 4 heteroatoms. The van der Waals surface area contributed by atoms with E-state index < -0.39 is 17.7 Å². The zero-order chi connectivity index (χ0) is 13.1. The zero-order valence-electron chi connectivity index (χ0n) is 10.7. The monoisotopic (exact) mass is 254 g/mol. The van der Waals surface area contributed by atoms with Crippen molar-refractivity contribution in [3.8, 4) is 0 Å². The van der Waals surface area contributed by atoms with Crippen LogP contribution in [0.2, 0.25) is 0 Å². The molecule has 1 aromatic carbocycles. The first kappa shape index (κ1) is 13.4. The van der Waals surface area contributed by atoms with E-state index in [1.165, 1.54) is 18.9 Å². The molecule has 2 atom stereocenters. The Bertz CT molecular complexity index is 409. The lowest BCUT2D eigenvalue weighted by Crippen LogP contribution is -2.31. The van der Waals surface area contributed by atoms with Crippen molar-refractivity contribution in [1.29, 1.82) is 0 Å². The maximum Gasteiger partial charge on any atom is 0.163 e. The Balaban J connectivity index is 2.00. The van der Waals surface area contributed by atoms with Crippen LogP contribution in [0.3, 0.4) is 0 Å². The third-order valence-electron chi connectivity index (χ3n) is 3.78. The predicted octanol–water partition coefficient (Wildman–Crippen LogP) is 2.70. The van der Waals surface area contributed by atoms with E-state index in [-0.39, 0.29) is 5.56 Å². The number of rotatable bonds is 4. The Hall–Kier alpha value is -1.00. The number of hydrogen-bond acceptors (Lipinski definition) is 2. The van der Waals surface area contributed by atoms with E-state index in [4.69, 9.17) is 5.73 Å². The van der Waals surface area contributed by atoms with Gasteiger partial charge in [-0.05, 0) is 24.9 Å². The summed E-state index contributed by atoms with van der Waals surface area (Å²) in [6.45, 7) is 4.79.